The second-order valence-corrected chi connectivity index (χ2v) is 4.65. The summed E-state index contributed by atoms with van der Waals surface area (Å²) in [6, 6.07) is 3.53. The Kier molecular flexibility index (Phi) is 4.52. The minimum atomic E-state index is -0.00200. The Balaban J connectivity index is 1.73. The SMILES string of the molecule is Nc1ccc(CC(=O)NCC2CCCOC2)nc1. The molecule has 0 saturated carbocycles. The van der Waals surface area contributed by atoms with Crippen molar-refractivity contribution in [3.8, 4) is 0 Å². The predicted octanol–water partition coefficient (Wildman–Crippen LogP) is 0.749. The Morgan fingerprint density at radius 1 is 1.56 bits per heavy atom. The maximum atomic E-state index is 11.7. The van der Waals surface area contributed by atoms with Gasteiger partial charge in [0.05, 0.1) is 24.9 Å². The van der Waals surface area contributed by atoms with Crippen molar-refractivity contribution in [2.75, 3.05) is 25.5 Å². The number of carbonyl (C=O) groups excluding carboxylic acids is 1. The minimum Gasteiger partial charge on any atom is -0.397 e. The lowest BCUT2D eigenvalue weighted by atomic mass is 10.0. The van der Waals surface area contributed by atoms with Crippen LogP contribution in [-0.2, 0) is 16.0 Å². The van der Waals surface area contributed by atoms with Crippen LogP contribution in [0.3, 0.4) is 0 Å². The Bertz CT molecular complexity index is 386. The number of amides is 1. The summed E-state index contributed by atoms with van der Waals surface area (Å²) in [4.78, 5) is 15.8. The number of carbonyl (C=O) groups is 1. The topological polar surface area (TPSA) is 77.2 Å². The first-order valence-corrected chi connectivity index (χ1v) is 6.29. The molecular formula is C13H19N3O2. The van der Waals surface area contributed by atoms with Gasteiger partial charge in [0.25, 0.3) is 0 Å². The van der Waals surface area contributed by atoms with Crippen LogP contribution in [0.15, 0.2) is 18.3 Å². The van der Waals surface area contributed by atoms with Crippen molar-refractivity contribution < 1.29 is 9.53 Å². The van der Waals surface area contributed by atoms with Crippen LogP contribution in [0.1, 0.15) is 18.5 Å². The lowest BCUT2D eigenvalue weighted by molar-refractivity contribution is -0.120. The highest BCUT2D eigenvalue weighted by Gasteiger charge is 2.14. The second kappa shape index (κ2) is 6.35. The van der Waals surface area contributed by atoms with Crippen LogP contribution in [0, 0.1) is 5.92 Å². The average Bonchev–Trinajstić information content (AvgIpc) is 2.40. The molecule has 98 valence electrons. The zero-order valence-electron chi connectivity index (χ0n) is 10.4. The van der Waals surface area contributed by atoms with E-state index in [1.807, 2.05) is 0 Å². The largest absolute Gasteiger partial charge is 0.397 e. The summed E-state index contributed by atoms with van der Waals surface area (Å²) in [7, 11) is 0. The molecule has 2 rings (SSSR count). The summed E-state index contributed by atoms with van der Waals surface area (Å²) in [6.45, 7) is 2.29. The third-order valence-electron chi connectivity index (χ3n) is 3.03. The fraction of sp³-hybridized carbons (Fsp3) is 0.538. The number of hydrogen-bond acceptors (Lipinski definition) is 4. The number of hydrogen-bond donors (Lipinski definition) is 2. The summed E-state index contributed by atoms with van der Waals surface area (Å²) < 4.78 is 5.37. The number of ether oxygens (including phenoxy) is 1. The van der Waals surface area contributed by atoms with Gasteiger partial charge in [0.1, 0.15) is 0 Å². The number of nitrogen functional groups attached to an aromatic ring is 1. The molecule has 1 aliphatic rings. The lowest BCUT2D eigenvalue weighted by Gasteiger charge is -2.22. The smallest absolute Gasteiger partial charge is 0.226 e. The first-order chi connectivity index (χ1) is 8.74. The van der Waals surface area contributed by atoms with Crippen LogP contribution in [0.4, 0.5) is 5.69 Å². The first-order valence-electron chi connectivity index (χ1n) is 6.29. The van der Waals surface area contributed by atoms with Gasteiger partial charge in [-0.3, -0.25) is 9.78 Å². The molecule has 2 heterocycles. The maximum Gasteiger partial charge on any atom is 0.226 e. The summed E-state index contributed by atoms with van der Waals surface area (Å²) in [5, 5.41) is 2.93. The van der Waals surface area contributed by atoms with Crippen LogP contribution >= 0.6 is 0 Å². The molecule has 0 aliphatic carbocycles. The molecule has 1 fully saturated rings. The van der Waals surface area contributed by atoms with Gasteiger partial charge in [0.15, 0.2) is 0 Å². The number of pyridine rings is 1. The summed E-state index contributed by atoms with van der Waals surface area (Å²) in [6.07, 6.45) is 4.08. The summed E-state index contributed by atoms with van der Waals surface area (Å²) in [5.41, 5.74) is 6.88. The van der Waals surface area contributed by atoms with Gasteiger partial charge in [0.2, 0.25) is 5.91 Å². The maximum absolute atomic E-state index is 11.7. The highest BCUT2D eigenvalue weighted by Crippen LogP contribution is 2.12. The molecule has 0 radical (unpaired) electrons. The number of nitrogens with two attached hydrogens (primary N) is 1. The molecule has 0 bridgehead atoms. The normalized spacial score (nSPS) is 19.4. The molecule has 3 N–H and O–H groups in total. The molecule has 5 nitrogen and oxygen atoms in total. The molecule has 1 saturated heterocycles. The number of nitrogens with zero attached hydrogens (tertiary/aromatic N) is 1. The Labute approximate surface area is 107 Å². The molecule has 1 aliphatic heterocycles. The lowest BCUT2D eigenvalue weighted by Crippen LogP contribution is -2.34. The average molecular weight is 249 g/mol. The van der Waals surface area contributed by atoms with Gasteiger partial charge in [-0.15, -0.1) is 0 Å². The quantitative estimate of drug-likeness (QED) is 0.825. The molecule has 1 aromatic heterocycles. The molecule has 0 spiro atoms. The van der Waals surface area contributed by atoms with Gasteiger partial charge >= 0.3 is 0 Å². The van der Waals surface area contributed by atoms with Crippen LogP contribution < -0.4 is 11.1 Å². The van der Waals surface area contributed by atoms with Gasteiger partial charge in [-0.1, -0.05) is 0 Å². The van der Waals surface area contributed by atoms with E-state index in [2.05, 4.69) is 10.3 Å². The number of anilines is 1. The molecule has 1 amide bonds. The van der Waals surface area contributed by atoms with Gasteiger partial charge in [-0.05, 0) is 30.9 Å². The van der Waals surface area contributed by atoms with Gasteiger partial charge in [-0.2, -0.15) is 0 Å². The Morgan fingerprint density at radius 2 is 2.44 bits per heavy atom. The standard InChI is InChI=1S/C13H19N3O2/c14-11-3-4-12(15-8-11)6-13(17)16-7-10-2-1-5-18-9-10/h3-4,8,10H,1-2,5-7,9,14H2,(H,16,17). The van der Waals surface area contributed by atoms with Crippen LogP contribution in [0.5, 0.6) is 0 Å². The molecule has 0 aromatic carbocycles. The van der Waals surface area contributed by atoms with Crippen molar-refractivity contribution in [2.24, 2.45) is 5.92 Å². The van der Waals surface area contributed by atoms with Gasteiger partial charge in [-0.25, -0.2) is 0 Å². The third-order valence-corrected chi connectivity index (χ3v) is 3.03. The monoisotopic (exact) mass is 249 g/mol. The van der Waals surface area contributed by atoms with E-state index in [1.54, 1.807) is 18.3 Å². The van der Waals surface area contributed by atoms with Gasteiger partial charge < -0.3 is 15.8 Å². The van der Waals surface area contributed by atoms with Crippen molar-refractivity contribution in [3.63, 3.8) is 0 Å². The molecule has 1 aromatic rings. The Morgan fingerprint density at radius 3 is 3.11 bits per heavy atom. The highest BCUT2D eigenvalue weighted by atomic mass is 16.5. The predicted molar refractivity (Wildman–Crippen MR) is 68.9 cm³/mol. The molecule has 1 atom stereocenters. The van der Waals surface area contributed by atoms with E-state index >= 15 is 0 Å². The van der Waals surface area contributed by atoms with Crippen molar-refractivity contribution in [1.29, 1.82) is 0 Å². The number of rotatable bonds is 4. The second-order valence-electron chi connectivity index (χ2n) is 4.65. The highest BCUT2D eigenvalue weighted by molar-refractivity contribution is 5.78. The van der Waals surface area contributed by atoms with Crippen LogP contribution in [0.25, 0.3) is 0 Å². The van der Waals surface area contributed by atoms with E-state index in [4.69, 9.17) is 10.5 Å². The van der Waals surface area contributed by atoms with E-state index in [9.17, 15) is 4.79 Å². The van der Waals surface area contributed by atoms with Gasteiger partial charge in [0, 0.05) is 18.8 Å². The summed E-state index contributed by atoms with van der Waals surface area (Å²) in [5.74, 6) is 0.444. The zero-order chi connectivity index (χ0) is 12.8. The fourth-order valence-corrected chi connectivity index (χ4v) is 1.99. The van der Waals surface area contributed by atoms with E-state index in [0.29, 0.717) is 24.6 Å². The minimum absolute atomic E-state index is 0.00200. The van der Waals surface area contributed by atoms with E-state index in [1.165, 1.54) is 0 Å². The third kappa shape index (κ3) is 4.00. The van der Waals surface area contributed by atoms with Crippen LogP contribution in [-0.4, -0.2) is 30.6 Å². The van der Waals surface area contributed by atoms with Crippen molar-refractivity contribution in [2.45, 2.75) is 19.3 Å². The molecule has 1 unspecified atom stereocenters. The van der Waals surface area contributed by atoms with Crippen molar-refractivity contribution in [3.05, 3.63) is 24.0 Å². The van der Waals surface area contributed by atoms with E-state index in [-0.39, 0.29) is 5.91 Å². The van der Waals surface area contributed by atoms with Crippen LogP contribution in [0.2, 0.25) is 0 Å². The van der Waals surface area contributed by atoms with E-state index in [0.717, 1.165) is 31.7 Å². The number of nitrogens with one attached hydrogen (secondary N) is 1. The van der Waals surface area contributed by atoms with Crippen molar-refractivity contribution in [1.82, 2.24) is 10.3 Å². The fourth-order valence-electron chi connectivity index (χ4n) is 1.99. The number of aromatic nitrogens is 1. The van der Waals surface area contributed by atoms with E-state index < -0.39 is 0 Å². The summed E-state index contributed by atoms with van der Waals surface area (Å²) >= 11 is 0. The van der Waals surface area contributed by atoms with Crippen molar-refractivity contribution >= 4 is 11.6 Å². The zero-order valence-corrected chi connectivity index (χ0v) is 10.4. The molecular weight excluding hydrogens is 230 g/mol. The first kappa shape index (κ1) is 12.8. The molecule has 5 heteroatoms. The molecule has 18 heavy (non-hydrogen) atoms. The Hall–Kier alpha value is -1.62.